The van der Waals surface area contributed by atoms with Crippen LogP contribution in [0.3, 0.4) is 0 Å². The molecule has 1 spiro atoms. The molecule has 1 aliphatic carbocycles. The molecule has 3 saturated heterocycles. The number of rotatable bonds is 3. The SMILES string of the molecule is COc1cccc(C(=O)N2C[C@@H]3COCCN3C3(C2)CN(C(=O)C2CC2)C3)c1. The second kappa shape index (κ2) is 6.74. The Bertz CT molecular complexity index is 788. The highest BCUT2D eigenvalue weighted by atomic mass is 16.5. The number of fused-ring (bicyclic) bond motifs is 2. The highest BCUT2D eigenvalue weighted by Crippen LogP contribution is 2.40. The number of ether oxygens (including phenoxy) is 2. The number of benzene rings is 1. The van der Waals surface area contributed by atoms with Crippen molar-refractivity contribution in [3.05, 3.63) is 29.8 Å². The fraction of sp³-hybridized carbons (Fsp3) is 0.619. The van der Waals surface area contributed by atoms with Gasteiger partial charge in [-0.25, -0.2) is 0 Å². The zero-order chi connectivity index (χ0) is 19.3. The predicted molar refractivity (Wildman–Crippen MR) is 102 cm³/mol. The minimum absolute atomic E-state index is 0.0236. The summed E-state index contributed by atoms with van der Waals surface area (Å²) in [6, 6.07) is 7.52. The molecule has 7 nitrogen and oxygen atoms in total. The summed E-state index contributed by atoms with van der Waals surface area (Å²) in [4.78, 5) is 32.1. The normalized spacial score (nSPS) is 26.5. The summed E-state index contributed by atoms with van der Waals surface area (Å²) in [6.45, 7) is 5.00. The topological polar surface area (TPSA) is 62.3 Å². The Balaban J connectivity index is 1.36. The fourth-order valence-electron chi connectivity index (χ4n) is 4.98. The zero-order valence-corrected chi connectivity index (χ0v) is 16.3. The van der Waals surface area contributed by atoms with Crippen molar-refractivity contribution in [2.75, 3.05) is 53.0 Å². The maximum absolute atomic E-state index is 13.2. The van der Waals surface area contributed by atoms with Crippen LogP contribution in [-0.2, 0) is 9.53 Å². The predicted octanol–water partition coefficient (Wildman–Crippen LogP) is 0.843. The zero-order valence-electron chi connectivity index (χ0n) is 16.3. The molecule has 0 N–H and O–H groups in total. The molecule has 1 atom stereocenters. The van der Waals surface area contributed by atoms with Crippen molar-refractivity contribution in [1.82, 2.24) is 14.7 Å². The molecule has 0 aromatic heterocycles. The Kier molecular flexibility index (Phi) is 4.32. The molecule has 28 heavy (non-hydrogen) atoms. The van der Waals surface area contributed by atoms with E-state index in [-0.39, 0.29) is 23.4 Å². The van der Waals surface area contributed by atoms with Gasteiger partial charge in [-0.2, -0.15) is 0 Å². The lowest BCUT2D eigenvalue weighted by Crippen LogP contribution is -2.81. The van der Waals surface area contributed by atoms with Crippen molar-refractivity contribution in [2.45, 2.75) is 24.4 Å². The number of morpholine rings is 1. The first-order valence-corrected chi connectivity index (χ1v) is 10.2. The molecule has 0 radical (unpaired) electrons. The lowest BCUT2D eigenvalue weighted by Gasteiger charge is -2.63. The first-order chi connectivity index (χ1) is 13.6. The Labute approximate surface area is 165 Å². The van der Waals surface area contributed by atoms with Crippen LogP contribution in [0.2, 0.25) is 0 Å². The van der Waals surface area contributed by atoms with E-state index in [1.54, 1.807) is 13.2 Å². The van der Waals surface area contributed by atoms with Gasteiger partial charge in [-0.15, -0.1) is 0 Å². The second-order valence-electron chi connectivity index (χ2n) is 8.53. The highest BCUT2D eigenvalue weighted by Gasteiger charge is 2.57. The maximum Gasteiger partial charge on any atom is 0.254 e. The number of carbonyl (C=O) groups is 2. The van der Waals surface area contributed by atoms with Gasteiger partial charge in [0.1, 0.15) is 5.75 Å². The lowest BCUT2D eigenvalue weighted by atomic mass is 9.82. The minimum atomic E-state index is -0.133. The van der Waals surface area contributed by atoms with Gasteiger partial charge in [-0.05, 0) is 31.0 Å². The van der Waals surface area contributed by atoms with Gasteiger partial charge in [0.25, 0.3) is 5.91 Å². The first-order valence-electron chi connectivity index (χ1n) is 10.2. The third-order valence-corrected chi connectivity index (χ3v) is 6.57. The van der Waals surface area contributed by atoms with E-state index >= 15 is 0 Å². The van der Waals surface area contributed by atoms with Crippen molar-refractivity contribution >= 4 is 11.8 Å². The average molecular weight is 385 g/mol. The molecule has 0 unspecified atom stereocenters. The van der Waals surface area contributed by atoms with Gasteiger partial charge >= 0.3 is 0 Å². The quantitative estimate of drug-likeness (QED) is 0.772. The third-order valence-electron chi connectivity index (χ3n) is 6.57. The molecule has 3 heterocycles. The summed E-state index contributed by atoms with van der Waals surface area (Å²) >= 11 is 0. The number of amides is 2. The van der Waals surface area contributed by atoms with Gasteiger partial charge in [0.15, 0.2) is 0 Å². The van der Waals surface area contributed by atoms with E-state index in [1.807, 2.05) is 28.0 Å². The van der Waals surface area contributed by atoms with E-state index in [2.05, 4.69) is 4.90 Å². The van der Waals surface area contributed by atoms with Crippen LogP contribution < -0.4 is 4.74 Å². The highest BCUT2D eigenvalue weighted by molar-refractivity contribution is 5.95. The van der Waals surface area contributed by atoms with Crippen LogP contribution >= 0.6 is 0 Å². The molecule has 0 bridgehead atoms. The molecular weight excluding hydrogens is 358 g/mol. The monoisotopic (exact) mass is 385 g/mol. The molecule has 1 aromatic carbocycles. The molecule has 1 saturated carbocycles. The number of likely N-dealkylation sites (tertiary alicyclic amines) is 1. The van der Waals surface area contributed by atoms with Crippen molar-refractivity contribution in [1.29, 1.82) is 0 Å². The van der Waals surface area contributed by atoms with Gasteiger partial charge in [0.2, 0.25) is 5.91 Å². The van der Waals surface area contributed by atoms with Crippen LogP contribution in [-0.4, -0.2) is 91.1 Å². The molecule has 5 rings (SSSR count). The number of nitrogens with zero attached hydrogens (tertiary/aromatic N) is 3. The number of carbonyl (C=O) groups excluding carboxylic acids is 2. The molecule has 7 heteroatoms. The van der Waals surface area contributed by atoms with E-state index in [1.165, 1.54) is 0 Å². The van der Waals surface area contributed by atoms with Gasteiger partial charge in [-0.1, -0.05) is 6.07 Å². The average Bonchev–Trinajstić information content (AvgIpc) is 3.55. The Morgan fingerprint density at radius 3 is 2.71 bits per heavy atom. The Morgan fingerprint density at radius 1 is 1.18 bits per heavy atom. The third kappa shape index (κ3) is 2.97. The summed E-state index contributed by atoms with van der Waals surface area (Å²) < 4.78 is 11.0. The van der Waals surface area contributed by atoms with Crippen LogP contribution in [0.25, 0.3) is 0 Å². The van der Waals surface area contributed by atoms with E-state index in [9.17, 15) is 9.59 Å². The number of hydrogen-bond acceptors (Lipinski definition) is 5. The summed E-state index contributed by atoms with van der Waals surface area (Å²) in [5.41, 5.74) is 0.510. The number of methoxy groups -OCH3 is 1. The largest absolute Gasteiger partial charge is 0.497 e. The van der Waals surface area contributed by atoms with E-state index in [4.69, 9.17) is 9.47 Å². The van der Waals surface area contributed by atoms with Crippen LogP contribution in [0, 0.1) is 5.92 Å². The van der Waals surface area contributed by atoms with Crippen molar-refractivity contribution in [3.63, 3.8) is 0 Å². The Hall–Kier alpha value is -2.12. The van der Waals surface area contributed by atoms with Crippen molar-refractivity contribution in [2.24, 2.45) is 5.92 Å². The summed E-state index contributed by atoms with van der Waals surface area (Å²) in [5, 5.41) is 0. The summed E-state index contributed by atoms with van der Waals surface area (Å²) in [6.07, 6.45) is 2.06. The van der Waals surface area contributed by atoms with Gasteiger partial charge in [0, 0.05) is 44.2 Å². The molecule has 150 valence electrons. The fourth-order valence-corrected chi connectivity index (χ4v) is 4.98. The Morgan fingerprint density at radius 2 is 1.96 bits per heavy atom. The molecular formula is C21H27N3O4. The molecule has 3 aliphatic heterocycles. The van der Waals surface area contributed by atoms with Crippen molar-refractivity contribution < 1.29 is 19.1 Å². The summed E-state index contributed by atoms with van der Waals surface area (Å²) in [5.74, 6) is 1.25. The van der Waals surface area contributed by atoms with E-state index in [0.717, 1.165) is 39.1 Å². The lowest BCUT2D eigenvalue weighted by molar-refractivity contribution is -0.173. The molecule has 1 aromatic rings. The van der Waals surface area contributed by atoms with Gasteiger partial charge in [-0.3, -0.25) is 14.5 Å². The van der Waals surface area contributed by atoms with Crippen LogP contribution in [0.5, 0.6) is 5.75 Å². The second-order valence-corrected chi connectivity index (χ2v) is 8.53. The summed E-state index contributed by atoms with van der Waals surface area (Å²) in [7, 11) is 1.61. The molecule has 4 aliphatic rings. The molecule has 4 fully saturated rings. The number of hydrogen-bond donors (Lipinski definition) is 0. The van der Waals surface area contributed by atoms with Crippen LogP contribution in [0.4, 0.5) is 0 Å². The van der Waals surface area contributed by atoms with Crippen molar-refractivity contribution in [3.8, 4) is 5.75 Å². The van der Waals surface area contributed by atoms with Gasteiger partial charge < -0.3 is 19.3 Å². The van der Waals surface area contributed by atoms with Crippen LogP contribution in [0.1, 0.15) is 23.2 Å². The molecule has 2 amide bonds. The standard InChI is InChI=1S/C21H27N3O4/c1-27-18-4-2-3-16(9-18)20(26)22-10-17-11-28-8-7-24(17)21(12-22)13-23(14-21)19(25)15-5-6-15/h2-4,9,15,17H,5-8,10-14H2,1H3/t17-/m1/s1. The van der Waals surface area contributed by atoms with Crippen LogP contribution in [0.15, 0.2) is 24.3 Å². The smallest absolute Gasteiger partial charge is 0.254 e. The minimum Gasteiger partial charge on any atom is -0.497 e. The number of piperazine rings is 1. The van der Waals surface area contributed by atoms with E-state index in [0.29, 0.717) is 36.9 Å². The van der Waals surface area contributed by atoms with E-state index < -0.39 is 0 Å². The maximum atomic E-state index is 13.2. The van der Waals surface area contributed by atoms with Gasteiger partial charge in [0.05, 0.1) is 31.9 Å². The first kappa shape index (κ1) is 17.9.